The minimum absolute atomic E-state index is 0.0163. The van der Waals surface area contributed by atoms with Gasteiger partial charge in [0.05, 0.1) is 28.9 Å². The second kappa shape index (κ2) is 13.6. The van der Waals surface area contributed by atoms with Gasteiger partial charge in [0, 0.05) is 12.4 Å². The highest BCUT2D eigenvalue weighted by Crippen LogP contribution is 2.33. The van der Waals surface area contributed by atoms with Crippen LogP contribution in [-0.2, 0) is 5.16 Å². The van der Waals surface area contributed by atoms with Gasteiger partial charge in [-0.2, -0.15) is 0 Å². The Balaban J connectivity index is 0.000000204. The Hall–Kier alpha value is -3.89. The van der Waals surface area contributed by atoms with Crippen molar-refractivity contribution >= 4 is 17.4 Å². The molecule has 4 aromatic carbocycles. The first-order valence-electron chi connectivity index (χ1n) is 13.2. The van der Waals surface area contributed by atoms with Crippen LogP contribution in [0.1, 0.15) is 41.9 Å². The van der Waals surface area contributed by atoms with E-state index in [-0.39, 0.29) is 11.0 Å². The zero-order valence-electron chi connectivity index (χ0n) is 22.3. The highest BCUT2D eigenvalue weighted by Gasteiger charge is 2.34. The fourth-order valence-corrected chi connectivity index (χ4v) is 7.10. The molecule has 0 spiro atoms. The molecule has 0 fully saturated rings. The van der Waals surface area contributed by atoms with Crippen LogP contribution in [0, 0.1) is 5.92 Å². The van der Waals surface area contributed by atoms with Crippen molar-refractivity contribution in [2.24, 2.45) is 5.92 Å². The van der Waals surface area contributed by atoms with Crippen LogP contribution in [0.5, 0.6) is 0 Å². The van der Waals surface area contributed by atoms with Crippen molar-refractivity contribution in [1.82, 2.24) is 9.55 Å². The van der Waals surface area contributed by atoms with Gasteiger partial charge < -0.3 is 4.57 Å². The van der Waals surface area contributed by atoms with E-state index in [1.54, 1.807) is 0 Å². The predicted molar refractivity (Wildman–Crippen MR) is 164 cm³/mol. The van der Waals surface area contributed by atoms with Crippen LogP contribution < -0.4 is 0 Å². The minimum atomic E-state index is -0.647. The van der Waals surface area contributed by atoms with E-state index in [4.69, 9.17) is 7.85 Å². The lowest BCUT2D eigenvalue weighted by Crippen LogP contribution is -2.41. The first-order chi connectivity index (χ1) is 18.6. The van der Waals surface area contributed by atoms with E-state index < -0.39 is 9.52 Å². The van der Waals surface area contributed by atoms with Gasteiger partial charge in [0.1, 0.15) is 0 Å². The molecule has 0 aliphatic carbocycles. The lowest BCUT2D eigenvalue weighted by Gasteiger charge is -2.36. The Morgan fingerprint density at radius 2 is 1.16 bits per heavy atom. The quantitative estimate of drug-likeness (QED) is 0.207. The summed E-state index contributed by atoms with van der Waals surface area (Å²) in [7, 11) is 5.47. The van der Waals surface area contributed by atoms with Crippen LogP contribution >= 0.6 is 0 Å². The SMILES string of the molecule is CC(C)C=C[SiH2]C(c1ccccc1)(c1ccccc1)n1ccnc1.[B]C(c1ccccc1)c1ccccc1. The van der Waals surface area contributed by atoms with Crippen LogP contribution in [0.3, 0.4) is 0 Å². The second-order valence-electron chi connectivity index (χ2n) is 9.74. The monoisotopic (exact) mass is 510 g/mol. The lowest BCUT2D eigenvalue weighted by atomic mass is 9.76. The highest BCUT2D eigenvalue weighted by molar-refractivity contribution is 6.47. The summed E-state index contributed by atoms with van der Waals surface area (Å²) in [5.41, 5.74) is 7.39. The second-order valence-corrected chi connectivity index (χ2v) is 11.6. The van der Waals surface area contributed by atoms with Gasteiger partial charge in [-0.25, -0.2) is 4.98 Å². The Labute approximate surface area is 231 Å². The van der Waals surface area contributed by atoms with Crippen molar-refractivity contribution in [3.05, 3.63) is 174 Å². The normalized spacial score (nSPS) is 11.8. The summed E-state index contributed by atoms with van der Waals surface area (Å²) in [6, 6.07) is 41.9. The van der Waals surface area contributed by atoms with Gasteiger partial charge in [-0.15, -0.1) is 5.70 Å². The molecule has 0 saturated carbocycles. The van der Waals surface area contributed by atoms with Gasteiger partial charge in [0.2, 0.25) is 0 Å². The van der Waals surface area contributed by atoms with E-state index in [1.165, 1.54) is 11.1 Å². The lowest BCUT2D eigenvalue weighted by molar-refractivity contribution is 0.596. The van der Waals surface area contributed by atoms with Gasteiger partial charge in [-0.3, -0.25) is 0 Å². The van der Waals surface area contributed by atoms with E-state index in [2.05, 4.69) is 126 Å². The summed E-state index contributed by atoms with van der Waals surface area (Å²) in [5.74, 6) is 0.557. The van der Waals surface area contributed by atoms with Crippen molar-refractivity contribution in [2.45, 2.75) is 24.8 Å². The molecule has 0 N–H and O–H groups in total. The van der Waals surface area contributed by atoms with Crippen molar-refractivity contribution in [2.75, 3.05) is 0 Å². The van der Waals surface area contributed by atoms with Gasteiger partial charge in [-0.05, 0) is 34.0 Å². The summed E-state index contributed by atoms with van der Waals surface area (Å²) in [5, 5.41) is -0.148. The molecule has 5 rings (SSSR count). The molecule has 38 heavy (non-hydrogen) atoms. The molecular formula is C34H35BN2Si. The van der Waals surface area contributed by atoms with Crippen molar-refractivity contribution in [3.8, 4) is 0 Å². The number of hydrogen-bond acceptors (Lipinski definition) is 1. The first-order valence-corrected chi connectivity index (χ1v) is 14.7. The van der Waals surface area contributed by atoms with Crippen LogP contribution in [-0.4, -0.2) is 26.9 Å². The maximum absolute atomic E-state index is 6.12. The van der Waals surface area contributed by atoms with Gasteiger partial charge >= 0.3 is 0 Å². The Bertz CT molecular complexity index is 1270. The standard InChI is InChI=1S/C21H24N2Si.C13H11B/c1-18(2)13-16-24-21(23-15-14-22-17-23,19-9-5-3-6-10-19)20-11-7-4-8-12-20;14-13(11-7-3-1-4-8-11)12-9-5-2-6-10-12/h3-18H,24H2,1-2H3;1-10,13H. The van der Waals surface area contributed by atoms with E-state index in [0.717, 1.165) is 11.1 Å². The van der Waals surface area contributed by atoms with Gasteiger partial charge in [-0.1, -0.05) is 141 Å². The molecule has 0 amide bonds. The fourth-order valence-electron chi connectivity index (χ4n) is 4.74. The van der Waals surface area contributed by atoms with Crippen molar-refractivity contribution in [1.29, 1.82) is 0 Å². The summed E-state index contributed by atoms with van der Waals surface area (Å²) < 4.78 is 2.29. The number of hydrogen-bond donors (Lipinski definition) is 0. The van der Waals surface area contributed by atoms with Crippen molar-refractivity contribution in [3.63, 3.8) is 0 Å². The van der Waals surface area contributed by atoms with Crippen molar-refractivity contribution < 1.29 is 0 Å². The molecule has 1 heterocycles. The van der Waals surface area contributed by atoms with Gasteiger partial charge in [0.15, 0.2) is 0 Å². The third kappa shape index (κ3) is 6.70. The van der Waals surface area contributed by atoms with Crippen LogP contribution in [0.2, 0.25) is 0 Å². The first kappa shape index (κ1) is 27.2. The molecule has 5 aromatic rings. The number of aromatic nitrogens is 2. The molecule has 188 valence electrons. The van der Waals surface area contributed by atoms with E-state index >= 15 is 0 Å². The number of allylic oxidation sites excluding steroid dienone is 1. The number of rotatable bonds is 8. The van der Waals surface area contributed by atoms with E-state index in [1.807, 2.05) is 48.9 Å². The minimum Gasteiger partial charge on any atom is -0.326 e. The van der Waals surface area contributed by atoms with Crippen LogP contribution in [0.4, 0.5) is 0 Å². The summed E-state index contributed by atoms with van der Waals surface area (Å²) in [4.78, 5) is 4.34. The topological polar surface area (TPSA) is 17.8 Å². The number of benzene rings is 4. The number of nitrogens with zero attached hydrogens (tertiary/aromatic N) is 2. The zero-order chi connectivity index (χ0) is 26.6. The predicted octanol–water partition coefficient (Wildman–Crippen LogP) is 6.92. The molecule has 2 radical (unpaired) electrons. The fraction of sp³-hybridized carbons (Fsp3) is 0.147. The molecule has 4 heteroatoms. The average molecular weight is 511 g/mol. The summed E-state index contributed by atoms with van der Waals surface area (Å²) in [6.07, 6.45) is 8.26. The van der Waals surface area contributed by atoms with Gasteiger partial charge in [0.25, 0.3) is 0 Å². The molecule has 0 aliphatic heterocycles. The van der Waals surface area contributed by atoms with Crippen LogP contribution in [0.15, 0.2) is 152 Å². The maximum atomic E-state index is 6.12. The zero-order valence-corrected chi connectivity index (χ0v) is 23.7. The molecule has 0 saturated heterocycles. The molecule has 0 unspecified atom stereocenters. The molecule has 0 aliphatic rings. The molecule has 0 bridgehead atoms. The average Bonchev–Trinajstić information content (AvgIpc) is 3.53. The summed E-state index contributed by atoms with van der Waals surface area (Å²) in [6.45, 7) is 4.46. The maximum Gasteiger partial charge on any atom is 0.0954 e. The van der Waals surface area contributed by atoms with E-state index in [0.29, 0.717) is 5.92 Å². The molecule has 1 aromatic heterocycles. The Morgan fingerprint density at radius 1 is 0.711 bits per heavy atom. The van der Waals surface area contributed by atoms with E-state index in [9.17, 15) is 0 Å². The smallest absolute Gasteiger partial charge is 0.0954 e. The Morgan fingerprint density at radius 3 is 1.55 bits per heavy atom. The molecular weight excluding hydrogens is 475 g/mol. The third-order valence-corrected chi connectivity index (χ3v) is 8.98. The van der Waals surface area contributed by atoms with Crippen LogP contribution in [0.25, 0.3) is 0 Å². The largest absolute Gasteiger partial charge is 0.326 e. The Kier molecular flexibility index (Phi) is 9.72. The highest BCUT2D eigenvalue weighted by atomic mass is 28.2. The molecule has 0 atom stereocenters. The summed E-state index contributed by atoms with van der Waals surface area (Å²) >= 11 is 0. The third-order valence-electron chi connectivity index (χ3n) is 6.70. The number of imidazole rings is 1. The molecule has 2 nitrogen and oxygen atoms in total.